The van der Waals surface area contributed by atoms with Crippen molar-refractivity contribution in [3.05, 3.63) is 95.6 Å². The van der Waals surface area contributed by atoms with Crippen molar-refractivity contribution in [3.8, 4) is 11.3 Å². The molecule has 2 amide bonds. The lowest BCUT2D eigenvalue weighted by Crippen LogP contribution is -2.40. The van der Waals surface area contributed by atoms with E-state index in [9.17, 15) is 14.7 Å². The quantitative estimate of drug-likeness (QED) is 0.242. The van der Waals surface area contributed by atoms with E-state index in [1.165, 1.54) is 0 Å². The zero-order chi connectivity index (χ0) is 24.4. The first-order valence-electron chi connectivity index (χ1n) is 11.6. The monoisotopic (exact) mass is 470 g/mol. The molecule has 1 aliphatic carbocycles. The predicted octanol–water partition coefficient (Wildman–Crippen LogP) is 3.93. The Bertz CT molecular complexity index is 1330. The molecule has 1 heterocycles. The first kappa shape index (κ1) is 22.8. The molecule has 7 heteroatoms. The minimum Gasteiger partial charge on any atom is -0.456 e. The van der Waals surface area contributed by atoms with Gasteiger partial charge in [-0.15, -0.1) is 0 Å². The van der Waals surface area contributed by atoms with Crippen LogP contribution in [0.25, 0.3) is 22.3 Å². The van der Waals surface area contributed by atoms with Gasteiger partial charge in [0.2, 0.25) is 11.8 Å². The fraction of sp³-hybridized carbons (Fsp3) is 0.214. The van der Waals surface area contributed by atoms with E-state index in [1.54, 1.807) is 5.48 Å². The van der Waals surface area contributed by atoms with Crippen molar-refractivity contribution >= 4 is 22.8 Å². The number of carbonyl (C=O) groups is 2. The molecule has 0 saturated heterocycles. The van der Waals surface area contributed by atoms with Crippen LogP contribution in [0.1, 0.15) is 29.2 Å². The molecule has 4 aromatic rings. The molecule has 3 atom stereocenters. The van der Waals surface area contributed by atoms with Crippen LogP contribution in [0.4, 0.5) is 0 Å². The van der Waals surface area contributed by atoms with Crippen molar-refractivity contribution in [1.82, 2.24) is 10.8 Å². The molecule has 0 saturated carbocycles. The summed E-state index contributed by atoms with van der Waals surface area (Å²) >= 11 is 0. The molecular formula is C28H26N2O5. The van der Waals surface area contributed by atoms with Crippen molar-refractivity contribution in [3.63, 3.8) is 0 Å². The molecule has 1 aliphatic rings. The highest BCUT2D eigenvalue weighted by atomic mass is 16.5. The lowest BCUT2D eigenvalue weighted by atomic mass is 9.93. The second-order valence-electron chi connectivity index (χ2n) is 8.94. The number of carbonyl (C=O) groups excluding carboxylic acids is 2. The Labute approximate surface area is 202 Å². The standard InChI is InChI=1S/C28H26N2O5/c31-23-14-19-5-1-3-7-22(19)27(23)29-28(33)21(16-26(32)30-34)13-17-9-11-18(12-10-17)25-15-20-6-2-4-8-24(20)35-25/h1-12,15,21,23,27,31,34H,13-14,16H2,(H,29,33)(H,30,32)/t21-,23-,27+/m1/s1. The van der Waals surface area contributed by atoms with Gasteiger partial charge in [0.05, 0.1) is 18.1 Å². The van der Waals surface area contributed by atoms with Crippen molar-refractivity contribution in [2.45, 2.75) is 31.4 Å². The molecule has 0 fully saturated rings. The number of aliphatic hydroxyl groups is 1. The van der Waals surface area contributed by atoms with E-state index >= 15 is 0 Å². The Balaban J connectivity index is 1.33. The van der Waals surface area contributed by atoms with Gasteiger partial charge in [-0.3, -0.25) is 14.8 Å². The third-order valence-corrected chi connectivity index (χ3v) is 6.58. The molecule has 0 bridgehead atoms. The van der Waals surface area contributed by atoms with Crippen LogP contribution in [0.3, 0.4) is 0 Å². The average molecular weight is 471 g/mol. The van der Waals surface area contributed by atoms with E-state index in [1.807, 2.05) is 78.9 Å². The zero-order valence-corrected chi connectivity index (χ0v) is 19.0. The second kappa shape index (κ2) is 9.74. The van der Waals surface area contributed by atoms with Crippen LogP contribution in [0.5, 0.6) is 0 Å². The van der Waals surface area contributed by atoms with Gasteiger partial charge in [-0.2, -0.15) is 0 Å². The van der Waals surface area contributed by atoms with Gasteiger partial charge in [-0.05, 0) is 35.2 Å². The summed E-state index contributed by atoms with van der Waals surface area (Å²) in [6.45, 7) is 0. The number of amides is 2. The normalized spacial score (nSPS) is 17.7. The topological polar surface area (TPSA) is 112 Å². The Morgan fingerprint density at radius 2 is 1.74 bits per heavy atom. The first-order valence-corrected chi connectivity index (χ1v) is 11.6. The Hall–Kier alpha value is -3.94. The van der Waals surface area contributed by atoms with Gasteiger partial charge in [0, 0.05) is 23.8 Å². The maximum Gasteiger partial charge on any atom is 0.244 e. The number of nitrogens with one attached hydrogen (secondary N) is 2. The van der Waals surface area contributed by atoms with Gasteiger partial charge < -0.3 is 14.8 Å². The zero-order valence-electron chi connectivity index (χ0n) is 19.0. The largest absolute Gasteiger partial charge is 0.456 e. The number of fused-ring (bicyclic) bond motifs is 2. The molecule has 0 unspecified atom stereocenters. The highest BCUT2D eigenvalue weighted by Gasteiger charge is 2.34. The molecule has 1 aromatic heterocycles. The molecule has 35 heavy (non-hydrogen) atoms. The van der Waals surface area contributed by atoms with E-state index < -0.39 is 24.0 Å². The lowest BCUT2D eigenvalue weighted by molar-refractivity contribution is -0.135. The summed E-state index contributed by atoms with van der Waals surface area (Å²) in [6, 6.07) is 24.5. The molecule has 0 aliphatic heterocycles. The summed E-state index contributed by atoms with van der Waals surface area (Å²) in [5, 5.41) is 23.5. The van der Waals surface area contributed by atoms with Gasteiger partial charge in [0.1, 0.15) is 11.3 Å². The number of benzene rings is 3. The second-order valence-corrected chi connectivity index (χ2v) is 8.94. The van der Waals surface area contributed by atoms with E-state index in [0.717, 1.165) is 39.0 Å². The molecule has 5 rings (SSSR count). The highest BCUT2D eigenvalue weighted by Crippen LogP contribution is 2.32. The predicted molar refractivity (Wildman–Crippen MR) is 130 cm³/mol. The minimum atomic E-state index is -0.730. The van der Waals surface area contributed by atoms with Gasteiger partial charge in [0.15, 0.2) is 0 Å². The summed E-state index contributed by atoms with van der Waals surface area (Å²) in [5.74, 6) is -0.966. The summed E-state index contributed by atoms with van der Waals surface area (Å²) < 4.78 is 5.93. The van der Waals surface area contributed by atoms with E-state index in [4.69, 9.17) is 9.62 Å². The van der Waals surface area contributed by atoms with Crippen LogP contribution in [-0.4, -0.2) is 28.2 Å². The molecule has 3 aromatic carbocycles. The molecule has 7 nitrogen and oxygen atoms in total. The molecular weight excluding hydrogens is 444 g/mol. The van der Waals surface area contributed by atoms with E-state index in [-0.39, 0.29) is 12.3 Å². The first-order chi connectivity index (χ1) is 17.0. The van der Waals surface area contributed by atoms with Crippen LogP contribution < -0.4 is 10.8 Å². The van der Waals surface area contributed by atoms with Gasteiger partial charge in [-0.25, -0.2) is 5.48 Å². The number of hydroxylamine groups is 1. The number of hydrogen-bond acceptors (Lipinski definition) is 5. The molecule has 0 spiro atoms. The van der Waals surface area contributed by atoms with Gasteiger partial charge >= 0.3 is 0 Å². The van der Waals surface area contributed by atoms with Crippen molar-refractivity contribution in [2.75, 3.05) is 0 Å². The van der Waals surface area contributed by atoms with E-state index in [2.05, 4.69) is 5.32 Å². The van der Waals surface area contributed by atoms with Crippen LogP contribution >= 0.6 is 0 Å². The third kappa shape index (κ3) is 4.82. The molecule has 4 N–H and O–H groups in total. The number of furan rings is 1. The molecule has 178 valence electrons. The van der Waals surface area contributed by atoms with Gasteiger partial charge in [-0.1, -0.05) is 66.7 Å². The maximum absolute atomic E-state index is 13.2. The summed E-state index contributed by atoms with van der Waals surface area (Å²) in [6.07, 6.45) is -0.152. The van der Waals surface area contributed by atoms with Crippen LogP contribution in [0.15, 0.2) is 83.3 Å². The van der Waals surface area contributed by atoms with Crippen LogP contribution in [-0.2, 0) is 22.4 Å². The number of rotatable bonds is 7. The Morgan fingerprint density at radius 3 is 2.51 bits per heavy atom. The summed E-state index contributed by atoms with van der Waals surface area (Å²) in [5.41, 5.74) is 6.08. The summed E-state index contributed by atoms with van der Waals surface area (Å²) in [4.78, 5) is 25.1. The van der Waals surface area contributed by atoms with Crippen LogP contribution in [0.2, 0.25) is 0 Å². The van der Waals surface area contributed by atoms with E-state index in [0.29, 0.717) is 12.8 Å². The Morgan fingerprint density at radius 1 is 1.00 bits per heavy atom. The Kier molecular flexibility index (Phi) is 6.35. The smallest absolute Gasteiger partial charge is 0.244 e. The lowest BCUT2D eigenvalue weighted by Gasteiger charge is -2.22. The number of hydrogen-bond donors (Lipinski definition) is 4. The summed E-state index contributed by atoms with van der Waals surface area (Å²) in [7, 11) is 0. The van der Waals surface area contributed by atoms with Crippen molar-refractivity contribution < 1.29 is 24.3 Å². The van der Waals surface area contributed by atoms with Crippen molar-refractivity contribution in [2.24, 2.45) is 5.92 Å². The number of para-hydroxylation sites is 1. The highest BCUT2D eigenvalue weighted by molar-refractivity contribution is 5.86. The molecule has 0 radical (unpaired) electrons. The number of aliphatic hydroxyl groups excluding tert-OH is 1. The van der Waals surface area contributed by atoms with Crippen LogP contribution in [0, 0.1) is 5.92 Å². The fourth-order valence-corrected chi connectivity index (χ4v) is 4.76. The van der Waals surface area contributed by atoms with Crippen molar-refractivity contribution in [1.29, 1.82) is 0 Å². The fourth-order valence-electron chi connectivity index (χ4n) is 4.76. The average Bonchev–Trinajstić information content (AvgIpc) is 3.45. The minimum absolute atomic E-state index is 0.182. The van der Waals surface area contributed by atoms with Gasteiger partial charge in [0.25, 0.3) is 0 Å². The SMILES string of the molecule is O=C(C[C@@H](Cc1ccc(-c2cc3ccccc3o2)cc1)C(=O)N[C@H]1c2ccccc2C[C@H]1O)NO. The maximum atomic E-state index is 13.2. The third-order valence-electron chi connectivity index (χ3n) is 6.58.